The van der Waals surface area contributed by atoms with Crippen molar-refractivity contribution in [3.63, 3.8) is 0 Å². The number of carbonyl (C=O) groups excluding carboxylic acids is 2. The van der Waals surface area contributed by atoms with Crippen molar-refractivity contribution in [3.8, 4) is 0 Å². The molecule has 1 fully saturated rings. The maximum absolute atomic E-state index is 12.7. The number of nitrogens with one attached hydrogen (secondary N) is 1. The molecule has 0 radical (unpaired) electrons. The smallest absolute Gasteiger partial charge is 0.355 e. The number of benzene rings is 1. The molecule has 0 unspecified atom stereocenters. The Morgan fingerprint density at radius 1 is 1.18 bits per heavy atom. The minimum absolute atomic E-state index is 0.140. The van der Waals surface area contributed by atoms with E-state index in [1.54, 1.807) is 32.9 Å². The van der Waals surface area contributed by atoms with Gasteiger partial charge >= 0.3 is 5.97 Å². The SMILES string of the molecule is CCOC(=O)c1[nH]c(C)c(C(=O)/C=C/c2ccc(N3CCOCC3)cc2)c1C. The molecule has 0 atom stereocenters. The lowest BCUT2D eigenvalue weighted by atomic mass is 10.0. The number of nitrogens with zero attached hydrogens (tertiary/aromatic N) is 1. The number of aryl methyl sites for hydroxylation is 1. The highest BCUT2D eigenvalue weighted by Gasteiger charge is 2.21. The first kappa shape index (κ1) is 19.9. The van der Waals surface area contributed by atoms with Crippen molar-refractivity contribution in [1.29, 1.82) is 0 Å². The Morgan fingerprint density at radius 2 is 1.86 bits per heavy atom. The molecule has 6 nitrogen and oxygen atoms in total. The molecule has 2 heterocycles. The first-order valence-electron chi connectivity index (χ1n) is 9.52. The molecule has 1 N–H and O–H groups in total. The van der Waals surface area contributed by atoms with Gasteiger partial charge in [0.1, 0.15) is 5.69 Å². The van der Waals surface area contributed by atoms with Crippen LogP contribution in [-0.2, 0) is 9.47 Å². The molecule has 2 aromatic rings. The van der Waals surface area contributed by atoms with E-state index < -0.39 is 5.97 Å². The molecule has 1 aliphatic heterocycles. The van der Waals surface area contributed by atoms with Gasteiger partial charge in [-0.05, 0) is 50.1 Å². The normalized spacial score (nSPS) is 14.5. The number of esters is 1. The van der Waals surface area contributed by atoms with Crippen molar-refractivity contribution < 1.29 is 19.1 Å². The monoisotopic (exact) mass is 382 g/mol. The number of aromatic amines is 1. The average Bonchev–Trinajstić information content (AvgIpc) is 3.01. The van der Waals surface area contributed by atoms with Crippen LogP contribution >= 0.6 is 0 Å². The Labute approximate surface area is 165 Å². The second kappa shape index (κ2) is 8.89. The van der Waals surface area contributed by atoms with Crippen LogP contribution in [0.2, 0.25) is 0 Å². The summed E-state index contributed by atoms with van der Waals surface area (Å²) in [7, 11) is 0. The molecule has 1 aromatic heterocycles. The van der Waals surface area contributed by atoms with Crippen LogP contribution < -0.4 is 4.90 Å². The Kier molecular flexibility index (Phi) is 6.31. The number of ketones is 1. The first-order chi connectivity index (χ1) is 13.5. The number of hydrogen-bond donors (Lipinski definition) is 1. The van der Waals surface area contributed by atoms with E-state index >= 15 is 0 Å². The summed E-state index contributed by atoms with van der Waals surface area (Å²) in [6, 6.07) is 8.10. The number of carbonyl (C=O) groups is 2. The number of hydrogen-bond acceptors (Lipinski definition) is 5. The van der Waals surface area contributed by atoms with Gasteiger partial charge in [-0.1, -0.05) is 18.2 Å². The van der Waals surface area contributed by atoms with E-state index in [0.29, 0.717) is 29.1 Å². The van der Waals surface area contributed by atoms with Crippen LogP contribution in [0.3, 0.4) is 0 Å². The maximum Gasteiger partial charge on any atom is 0.355 e. The summed E-state index contributed by atoms with van der Waals surface area (Å²) in [5, 5.41) is 0. The maximum atomic E-state index is 12.7. The number of rotatable bonds is 6. The summed E-state index contributed by atoms with van der Waals surface area (Å²) in [6.45, 7) is 8.87. The van der Waals surface area contributed by atoms with Crippen molar-refractivity contribution >= 4 is 23.5 Å². The van der Waals surface area contributed by atoms with Crippen LogP contribution in [0, 0.1) is 13.8 Å². The highest BCUT2D eigenvalue weighted by molar-refractivity contribution is 6.10. The summed E-state index contributed by atoms with van der Waals surface area (Å²) < 4.78 is 10.4. The molecule has 6 heteroatoms. The fourth-order valence-electron chi connectivity index (χ4n) is 3.40. The van der Waals surface area contributed by atoms with E-state index in [0.717, 1.165) is 37.6 Å². The molecule has 0 amide bonds. The standard InChI is InChI=1S/C22H26N2O4/c1-4-28-22(26)21-15(2)20(16(3)23-21)19(25)10-7-17-5-8-18(9-6-17)24-11-13-27-14-12-24/h5-10,23H,4,11-14H2,1-3H3/b10-7+. The second-order valence-corrected chi connectivity index (χ2v) is 6.73. The number of anilines is 1. The van der Waals surface area contributed by atoms with Gasteiger partial charge in [0.15, 0.2) is 5.78 Å². The van der Waals surface area contributed by atoms with E-state index in [4.69, 9.17) is 9.47 Å². The number of allylic oxidation sites excluding steroid dienone is 1. The van der Waals surface area contributed by atoms with Crippen molar-refractivity contribution in [3.05, 3.63) is 58.4 Å². The summed E-state index contributed by atoms with van der Waals surface area (Å²) in [6.07, 6.45) is 3.34. The highest BCUT2D eigenvalue weighted by atomic mass is 16.5. The first-order valence-corrected chi connectivity index (χ1v) is 9.52. The number of H-pyrrole nitrogens is 1. The minimum Gasteiger partial charge on any atom is -0.461 e. The molecular formula is C22H26N2O4. The van der Waals surface area contributed by atoms with Gasteiger partial charge < -0.3 is 19.4 Å². The van der Waals surface area contributed by atoms with Gasteiger partial charge in [0.25, 0.3) is 0 Å². The second-order valence-electron chi connectivity index (χ2n) is 6.73. The zero-order valence-electron chi connectivity index (χ0n) is 16.6. The van der Waals surface area contributed by atoms with Gasteiger partial charge in [-0.3, -0.25) is 4.79 Å². The lowest BCUT2D eigenvalue weighted by Crippen LogP contribution is -2.36. The lowest BCUT2D eigenvalue weighted by Gasteiger charge is -2.28. The number of morpholine rings is 1. The predicted octanol–water partition coefficient (Wildman–Crippen LogP) is 3.54. The third-order valence-corrected chi connectivity index (χ3v) is 4.86. The average molecular weight is 382 g/mol. The van der Waals surface area contributed by atoms with Crippen LogP contribution in [0.1, 0.15) is 44.6 Å². The van der Waals surface area contributed by atoms with Crippen LogP contribution in [0.15, 0.2) is 30.3 Å². The fraction of sp³-hybridized carbons (Fsp3) is 0.364. The molecule has 0 spiro atoms. The van der Waals surface area contributed by atoms with Gasteiger partial charge in [-0.15, -0.1) is 0 Å². The van der Waals surface area contributed by atoms with Crippen molar-refractivity contribution in [1.82, 2.24) is 4.98 Å². The van der Waals surface area contributed by atoms with Gasteiger partial charge in [-0.2, -0.15) is 0 Å². The molecule has 1 aliphatic rings. The molecule has 28 heavy (non-hydrogen) atoms. The third kappa shape index (κ3) is 4.34. The molecule has 0 bridgehead atoms. The number of ether oxygens (including phenoxy) is 2. The molecule has 3 rings (SSSR count). The molecule has 1 aromatic carbocycles. The molecule has 148 valence electrons. The highest BCUT2D eigenvalue weighted by Crippen LogP contribution is 2.21. The zero-order chi connectivity index (χ0) is 20.1. The van der Waals surface area contributed by atoms with Gasteiger partial charge in [-0.25, -0.2) is 4.79 Å². The molecule has 0 aliphatic carbocycles. The molecule has 0 saturated carbocycles. The van der Waals surface area contributed by atoms with Gasteiger partial charge in [0.2, 0.25) is 0 Å². The van der Waals surface area contributed by atoms with Crippen molar-refractivity contribution in [2.75, 3.05) is 37.8 Å². The molecular weight excluding hydrogens is 356 g/mol. The van der Waals surface area contributed by atoms with Crippen molar-refractivity contribution in [2.24, 2.45) is 0 Å². The van der Waals surface area contributed by atoms with Gasteiger partial charge in [0, 0.05) is 30.0 Å². The summed E-state index contributed by atoms with van der Waals surface area (Å²) in [5.74, 6) is -0.580. The Bertz CT molecular complexity index is 875. The van der Waals surface area contributed by atoms with Crippen LogP contribution in [0.5, 0.6) is 0 Å². The van der Waals surface area contributed by atoms with Crippen LogP contribution in [0.25, 0.3) is 6.08 Å². The zero-order valence-corrected chi connectivity index (χ0v) is 16.6. The number of aromatic nitrogens is 1. The quantitative estimate of drug-likeness (QED) is 0.470. The summed E-state index contributed by atoms with van der Waals surface area (Å²) in [5.41, 5.74) is 4.24. The fourth-order valence-corrected chi connectivity index (χ4v) is 3.40. The molecule has 1 saturated heterocycles. The largest absolute Gasteiger partial charge is 0.461 e. The Balaban J connectivity index is 1.72. The van der Waals surface area contributed by atoms with E-state index in [9.17, 15) is 9.59 Å². The third-order valence-electron chi connectivity index (χ3n) is 4.86. The lowest BCUT2D eigenvalue weighted by molar-refractivity contribution is 0.0519. The van der Waals surface area contributed by atoms with E-state index in [2.05, 4.69) is 22.0 Å². The Hall–Kier alpha value is -2.86. The van der Waals surface area contributed by atoms with Crippen LogP contribution in [0.4, 0.5) is 5.69 Å². The summed E-state index contributed by atoms with van der Waals surface area (Å²) in [4.78, 5) is 29.9. The van der Waals surface area contributed by atoms with E-state index in [-0.39, 0.29) is 5.78 Å². The van der Waals surface area contributed by atoms with Gasteiger partial charge in [0.05, 0.1) is 19.8 Å². The predicted molar refractivity (Wildman–Crippen MR) is 109 cm³/mol. The topological polar surface area (TPSA) is 71.6 Å². The van der Waals surface area contributed by atoms with E-state index in [1.165, 1.54) is 0 Å². The minimum atomic E-state index is -0.440. The van der Waals surface area contributed by atoms with E-state index in [1.807, 2.05) is 12.1 Å². The Morgan fingerprint density at radius 3 is 2.50 bits per heavy atom. The summed E-state index contributed by atoms with van der Waals surface area (Å²) >= 11 is 0. The van der Waals surface area contributed by atoms with Crippen LogP contribution in [-0.4, -0.2) is 49.6 Å². The van der Waals surface area contributed by atoms with Crippen molar-refractivity contribution in [2.45, 2.75) is 20.8 Å².